The fraction of sp³-hybridized carbons (Fsp3) is 0.278. The molecular formula is C18H17ClFNO. The van der Waals surface area contributed by atoms with Crippen molar-refractivity contribution in [2.24, 2.45) is 0 Å². The molecule has 0 aromatic heterocycles. The fourth-order valence-corrected chi connectivity index (χ4v) is 2.92. The van der Waals surface area contributed by atoms with Crippen molar-refractivity contribution in [1.82, 2.24) is 4.90 Å². The van der Waals surface area contributed by atoms with Crippen LogP contribution in [0, 0.1) is 0 Å². The number of Topliss-reactive ketones (excluding diaryl/α,β-unsaturated/α-hetero) is 1. The number of ketones is 1. The minimum Gasteiger partial charge on any atom is -0.296 e. The lowest BCUT2D eigenvalue weighted by atomic mass is 9.98. The van der Waals surface area contributed by atoms with Gasteiger partial charge in [-0.3, -0.25) is 9.69 Å². The van der Waals surface area contributed by atoms with Crippen LogP contribution >= 0.6 is 11.6 Å². The van der Waals surface area contributed by atoms with Crippen LogP contribution in [0.1, 0.15) is 12.0 Å². The van der Waals surface area contributed by atoms with Crippen LogP contribution in [0.3, 0.4) is 0 Å². The SMILES string of the molecule is O=C1CCN(Cc2ccccc2-c2ccc(Cl)cc2)C[C@@H]1F. The summed E-state index contributed by atoms with van der Waals surface area (Å²) in [5.74, 6) is -0.276. The van der Waals surface area contributed by atoms with Crippen molar-refractivity contribution in [3.8, 4) is 11.1 Å². The molecule has 1 heterocycles. The Labute approximate surface area is 134 Å². The molecule has 1 aliphatic heterocycles. The average Bonchev–Trinajstić information content (AvgIpc) is 2.52. The summed E-state index contributed by atoms with van der Waals surface area (Å²) in [5, 5.41) is 0.705. The van der Waals surface area contributed by atoms with E-state index in [-0.39, 0.29) is 12.3 Å². The smallest absolute Gasteiger partial charge is 0.171 e. The van der Waals surface area contributed by atoms with Gasteiger partial charge in [-0.2, -0.15) is 0 Å². The molecule has 1 fully saturated rings. The van der Waals surface area contributed by atoms with Gasteiger partial charge in [0.2, 0.25) is 0 Å². The number of nitrogens with zero attached hydrogens (tertiary/aromatic N) is 1. The van der Waals surface area contributed by atoms with Gasteiger partial charge in [0.1, 0.15) is 0 Å². The van der Waals surface area contributed by atoms with E-state index in [1.165, 1.54) is 0 Å². The van der Waals surface area contributed by atoms with Gasteiger partial charge < -0.3 is 0 Å². The third-order valence-corrected chi connectivity index (χ3v) is 4.26. The number of benzene rings is 2. The zero-order valence-electron chi connectivity index (χ0n) is 12.1. The van der Waals surface area contributed by atoms with Gasteiger partial charge in [0, 0.05) is 31.1 Å². The van der Waals surface area contributed by atoms with Gasteiger partial charge in [0.15, 0.2) is 12.0 Å². The molecule has 2 aromatic rings. The average molecular weight is 318 g/mol. The molecule has 2 nitrogen and oxygen atoms in total. The maximum absolute atomic E-state index is 13.6. The highest BCUT2D eigenvalue weighted by atomic mass is 35.5. The predicted molar refractivity (Wildman–Crippen MR) is 86.7 cm³/mol. The monoisotopic (exact) mass is 317 g/mol. The van der Waals surface area contributed by atoms with E-state index in [1.807, 2.05) is 47.4 Å². The van der Waals surface area contributed by atoms with Crippen molar-refractivity contribution in [3.05, 3.63) is 59.1 Å². The summed E-state index contributed by atoms with van der Waals surface area (Å²) in [4.78, 5) is 13.3. The van der Waals surface area contributed by atoms with Gasteiger partial charge in [-0.05, 0) is 28.8 Å². The lowest BCUT2D eigenvalue weighted by Crippen LogP contribution is -2.41. The summed E-state index contributed by atoms with van der Waals surface area (Å²) in [6.45, 7) is 1.45. The van der Waals surface area contributed by atoms with Gasteiger partial charge in [-0.25, -0.2) is 4.39 Å². The van der Waals surface area contributed by atoms with Crippen LogP contribution in [0.15, 0.2) is 48.5 Å². The van der Waals surface area contributed by atoms with Crippen molar-refractivity contribution < 1.29 is 9.18 Å². The molecule has 0 unspecified atom stereocenters. The number of carbonyl (C=O) groups excluding carboxylic acids is 1. The van der Waals surface area contributed by atoms with Gasteiger partial charge in [0.05, 0.1) is 0 Å². The lowest BCUT2D eigenvalue weighted by molar-refractivity contribution is -0.127. The summed E-state index contributed by atoms with van der Waals surface area (Å²) >= 11 is 5.94. The van der Waals surface area contributed by atoms with Gasteiger partial charge in [0.25, 0.3) is 0 Å². The molecule has 0 saturated carbocycles. The van der Waals surface area contributed by atoms with Crippen LogP contribution in [0.5, 0.6) is 0 Å². The summed E-state index contributed by atoms with van der Waals surface area (Å²) in [5.41, 5.74) is 3.34. The Bertz CT molecular complexity index is 671. The van der Waals surface area contributed by atoms with E-state index in [0.717, 1.165) is 16.7 Å². The van der Waals surface area contributed by atoms with Crippen LogP contribution in [-0.4, -0.2) is 29.9 Å². The van der Waals surface area contributed by atoms with Crippen molar-refractivity contribution in [2.45, 2.75) is 19.1 Å². The van der Waals surface area contributed by atoms with E-state index in [0.29, 0.717) is 24.5 Å². The highest BCUT2D eigenvalue weighted by molar-refractivity contribution is 6.30. The van der Waals surface area contributed by atoms with Crippen LogP contribution in [0.4, 0.5) is 4.39 Å². The molecule has 0 aliphatic carbocycles. The number of halogens is 2. The molecule has 1 saturated heterocycles. The van der Waals surface area contributed by atoms with Crippen molar-refractivity contribution in [3.63, 3.8) is 0 Å². The standard InChI is InChI=1S/C18H17ClFNO/c19-15-7-5-13(6-8-15)16-4-2-1-3-14(16)11-21-10-9-18(22)17(20)12-21/h1-8,17H,9-12H2/t17-/m0/s1. The second-order valence-corrected chi connectivity index (χ2v) is 6.02. The van der Waals surface area contributed by atoms with E-state index in [4.69, 9.17) is 11.6 Å². The zero-order chi connectivity index (χ0) is 15.5. The first-order valence-electron chi connectivity index (χ1n) is 7.36. The number of piperidine rings is 1. The summed E-state index contributed by atoms with van der Waals surface area (Å²) in [7, 11) is 0. The Balaban J connectivity index is 1.82. The number of rotatable bonds is 3. The Morgan fingerprint density at radius 1 is 1.14 bits per heavy atom. The molecule has 1 atom stereocenters. The minimum atomic E-state index is -1.35. The molecular weight excluding hydrogens is 301 g/mol. The molecule has 3 rings (SSSR count). The maximum atomic E-state index is 13.6. The molecule has 0 amide bonds. The number of hydrogen-bond acceptors (Lipinski definition) is 2. The largest absolute Gasteiger partial charge is 0.296 e. The molecule has 0 spiro atoms. The van der Waals surface area contributed by atoms with E-state index < -0.39 is 6.17 Å². The Morgan fingerprint density at radius 2 is 1.86 bits per heavy atom. The van der Waals surface area contributed by atoms with E-state index >= 15 is 0 Å². The maximum Gasteiger partial charge on any atom is 0.171 e. The van der Waals surface area contributed by atoms with E-state index in [2.05, 4.69) is 6.07 Å². The Hall–Kier alpha value is -1.71. The highest BCUT2D eigenvalue weighted by Crippen LogP contribution is 2.27. The van der Waals surface area contributed by atoms with Crippen molar-refractivity contribution in [1.29, 1.82) is 0 Å². The van der Waals surface area contributed by atoms with Crippen molar-refractivity contribution in [2.75, 3.05) is 13.1 Å². The highest BCUT2D eigenvalue weighted by Gasteiger charge is 2.26. The Morgan fingerprint density at radius 3 is 2.59 bits per heavy atom. The third kappa shape index (κ3) is 3.37. The molecule has 0 N–H and O–H groups in total. The molecule has 0 bridgehead atoms. The van der Waals surface area contributed by atoms with Crippen LogP contribution in [-0.2, 0) is 11.3 Å². The van der Waals surface area contributed by atoms with E-state index in [1.54, 1.807) is 0 Å². The zero-order valence-corrected chi connectivity index (χ0v) is 12.9. The van der Waals surface area contributed by atoms with Crippen LogP contribution < -0.4 is 0 Å². The van der Waals surface area contributed by atoms with E-state index in [9.17, 15) is 9.18 Å². The first kappa shape index (κ1) is 15.2. The molecule has 22 heavy (non-hydrogen) atoms. The van der Waals surface area contributed by atoms with Gasteiger partial charge in [-0.1, -0.05) is 48.0 Å². The van der Waals surface area contributed by atoms with Gasteiger partial charge >= 0.3 is 0 Å². The summed E-state index contributed by atoms with van der Waals surface area (Å²) in [6, 6.07) is 15.8. The Kier molecular flexibility index (Phi) is 4.55. The molecule has 0 radical (unpaired) electrons. The quantitative estimate of drug-likeness (QED) is 0.848. The number of hydrogen-bond donors (Lipinski definition) is 0. The first-order valence-corrected chi connectivity index (χ1v) is 7.74. The minimum absolute atomic E-state index is 0.188. The first-order chi connectivity index (χ1) is 10.6. The molecule has 1 aliphatic rings. The number of carbonyl (C=O) groups is 1. The molecule has 2 aromatic carbocycles. The normalized spacial score (nSPS) is 19.4. The molecule has 4 heteroatoms. The third-order valence-electron chi connectivity index (χ3n) is 4.01. The topological polar surface area (TPSA) is 20.3 Å². The fourth-order valence-electron chi connectivity index (χ4n) is 2.80. The second kappa shape index (κ2) is 6.59. The predicted octanol–water partition coefficient (Wildman–Crippen LogP) is 4.12. The van der Waals surface area contributed by atoms with Crippen LogP contribution in [0.2, 0.25) is 5.02 Å². The van der Waals surface area contributed by atoms with Crippen LogP contribution in [0.25, 0.3) is 11.1 Å². The summed E-state index contributed by atoms with van der Waals surface area (Å²) in [6.07, 6.45) is -1.05. The van der Waals surface area contributed by atoms with Gasteiger partial charge in [-0.15, -0.1) is 0 Å². The lowest BCUT2D eigenvalue weighted by Gasteiger charge is -2.28. The summed E-state index contributed by atoms with van der Waals surface area (Å²) < 4.78 is 13.6. The number of likely N-dealkylation sites (tertiary alicyclic amines) is 1. The second-order valence-electron chi connectivity index (χ2n) is 5.58. The number of alkyl halides is 1. The van der Waals surface area contributed by atoms with Crippen molar-refractivity contribution >= 4 is 17.4 Å². The molecule has 114 valence electrons.